The SMILES string of the molecule is CCc1ccc(S(=O)(=O)c2cc(Br)cc(S(C)(=O)=O)c2)s1.CCc1ccc(Sc2cc(Br)cc(S(C)(=O)=O)c2)s1.CSc1cc(C)cc(Br)c1.[C-]#[N+]c1ccc(Br)s1. The number of thiophene rings is 3. The second-order valence-electron chi connectivity index (χ2n) is 11.9. The van der Waals surface area contributed by atoms with Crippen molar-refractivity contribution in [2.45, 2.75) is 66.5 Å². The van der Waals surface area contributed by atoms with Crippen molar-refractivity contribution >= 4 is 156 Å². The van der Waals surface area contributed by atoms with E-state index in [-0.39, 0.29) is 14.0 Å². The third kappa shape index (κ3) is 16.5. The standard InChI is InChI=1S/C13H13BrO4S3.C13H13BrO2S3.C8H9BrS.C5H2BrNS/c1-3-10-4-5-13(19-10)21(17,18)12-7-9(14)6-11(8-12)20(2,15)16;1-3-10-4-5-13(17-10)18-11-6-9(14)7-12(8-11)19(2,15)16;1-6-3-7(9)5-8(4-6)10-2;1-7-5-3-2-4(6)8-5/h4-8H,3H2,1-2H3;4-8H,3H2,1-2H3;3-5H,1-2H3;2-3H. The number of rotatable bonds is 9. The molecule has 0 spiro atoms. The monoisotopic (exact) mass is 1190 g/mol. The van der Waals surface area contributed by atoms with Crippen LogP contribution in [0.4, 0.5) is 5.00 Å². The van der Waals surface area contributed by atoms with Crippen LogP contribution in [0.25, 0.3) is 4.85 Å². The van der Waals surface area contributed by atoms with Crippen LogP contribution in [0.2, 0.25) is 0 Å². The lowest BCUT2D eigenvalue weighted by Crippen LogP contribution is -2.03. The Morgan fingerprint density at radius 3 is 1.64 bits per heavy atom. The molecule has 0 aliphatic rings. The highest BCUT2D eigenvalue weighted by Gasteiger charge is 2.23. The molecule has 0 aliphatic heterocycles. The fourth-order valence-corrected chi connectivity index (χ4v) is 14.9. The molecule has 7 nitrogen and oxygen atoms in total. The molecule has 0 saturated carbocycles. The van der Waals surface area contributed by atoms with Gasteiger partial charge in [0.1, 0.15) is 4.21 Å². The highest BCUT2D eigenvalue weighted by molar-refractivity contribution is 9.11. The molecular weight excluding hydrogens is 1150 g/mol. The molecule has 0 radical (unpaired) electrons. The Morgan fingerprint density at radius 1 is 0.621 bits per heavy atom. The first-order chi connectivity index (χ1) is 27.1. The van der Waals surface area contributed by atoms with Crippen LogP contribution in [0.3, 0.4) is 0 Å². The number of sulfone groups is 3. The Hall–Kier alpha value is -1.28. The van der Waals surface area contributed by atoms with Crippen molar-refractivity contribution in [1.29, 1.82) is 0 Å². The molecule has 6 aromatic rings. The average Bonchev–Trinajstić information content (AvgIpc) is 3.92. The van der Waals surface area contributed by atoms with E-state index in [0.717, 1.165) is 46.6 Å². The van der Waals surface area contributed by atoms with E-state index in [4.69, 9.17) is 6.57 Å². The van der Waals surface area contributed by atoms with E-state index in [1.165, 1.54) is 66.7 Å². The van der Waals surface area contributed by atoms with Gasteiger partial charge in [-0.15, -0.1) is 45.8 Å². The summed E-state index contributed by atoms with van der Waals surface area (Å²) in [5.41, 5.74) is 1.30. The highest BCUT2D eigenvalue weighted by atomic mass is 79.9. The number of halogens is 4. The van der Waals surface area contributed by atoms with Gasteiger partial charge in [-0.2, -0.15) is 0 Å². The summed E-state index contributed by atoms with van der Waals surface area (Å²) in [6.07, 6.45) is 6.14. The van der Waals surface area contributed by atoms with E-state index in [2.05, 4.69) is 119 Å². The summed E-state index contributed by atoms with van der Waals surface area (Å²) < 4.78 is 76.5. The summed E-state index contributed by atoms with van der Waals surface area (Å²) in [6, 6.07) is 26.9. The molecule has 0 atom stereocenters. The van der Waals surface area contributed by atoms with Crippen molar-refractivity contribution in [2.24, 2.45) is 0 Å². The normalized spacial score (nSPS) is 11.3. The van der Waals surface area contributed by atoms with Crippen molar-refractivity contribution in [3.05, 3.63) is 135 Å². The van der Waals surface area contributed by atoms with Gasteiger partial charge in [0.05, 0.1) is 29.3 Å². The third-order valence-corrected chi connectivity index (χ3v) is 18.8. The number of aryl methyl sites for hydroxylation is 3. The van der Waals surface area contributed by atoms with Gasteiger partial charge in [0.25, 0.3) is 0 Å². The summed E-state index contributed by atoms with van der Waals surface area (Å²) in [7, 11) is -10.4. The minimum atomic E-state index is -3.71. The second kappa shape index (κ2) is 23.2. The predicted molar refractivity (Wildman–Crippen MR) is 260 cm³/mol. The molecule has 58 heavy (non-hydrogen) atoms. The lowest BCUT2D eigenvalue weighted by molar-refractivity contribution is 0.596. The summed E-state index contributed by atoms with van der Waals surface area (Å²) in [5, 5.41) is 0.733. The van der Waals surface area contributed by atoms with Crippen LogP contribution in [0.5, 0.6) is 0 Å². The molecular formula is C39H37Br4NO6S8. The number of hydrogen-bond donors (Lipinski definition) is 0. The molecule has 0 fully saturated rings. The predicted octanol–water partition coefficient (Wildman–Crippen LogP) is 14.5. The van der Waals surface area contributed by atoms with E-state index < -0.39 is 29.5 Å². The Labute approximate surface area is 396 Å². The zero-order chi connectivity index (χ0) is 43.4. The zero-order valence-electron chi connectivity index (χ0n) is 31.7. The van der Waals surface area contributed by atoms with E-state index in [9.17, 15) is 25.3 Å². The van der Waals surface area contributed by atoms with Gasteiger partial charge in [0.2, 0.25) is 14.8 Å². The molecule has 0 amide bonds. The Bertz CT molecular complexity index is 2700. The molecule has 0 saturated heterocycles. The Kier molecular flexibility index (Phi) is 20.5. The molecule has 3 aromatic carbocycles. The maximum absolute atomic E-state index is 12.6. The highest BCUT2D eigenvalue weighted by Crippen LogP contribution is 2.36. The molecule has 0 bridgehead atoms. The quantitative estimate of drug-likeness (QED) is 0.104. The van der Waals surface area contributed by atoms with E-state index in [1.807, 2.05) is 19.1 Å². The van der Waals surface area contributed by atoms with Crippen molar-refractivity contribution < 1.29 is 25.3 Å². The van der Waals surface area contributed by atoms with Crippen LogP contribution in [-0.4, -0.2) is 44.0 Å². The van der Waals surface area contributed by atoms with Gasteiger partial charge >= 0.3 is 0 Å². The van der Waals surface area contributed by atoms with Crippen molar-refractivity contribution in [3.63, 3.8) is 0 Å². The molecule has 0 unspecified atom stereocenters. The molecule has 19 heteroatoms. The number of thioether (sulfide) groups is 1. The van der Waals surface area contributed by atoms with Crippen LogP contribution >= 0.6 is 121 Å². The minimum absolute atomic E-state index is 0.0253. The zero-order valence-corrected chi connectivity index (χ0v) is 44.6. The third-order valence-electron chi connectivity index (χ3n) is 7.23. The van der Waals surface area contributed by atoms with Gasteiger partial charge in [-0.3, -0.25) is 0 Å². The number of benzene rings is 3. The van der Waals surface area contributed by atoms with Crippen LogP contribution in [-0.2, 0) is 42.4 Å². The average molecular weight is 1190 g/mol. The molecule has 3 aromatic heterocycles. The van der Waals surface area contributed by atoms with Gasteiger partial charge in [0, 0.05) is 45.5 Å². The molecule has 6 rings (SSSR count). The van der Waals surface area contributed by atoms with Crippen LogP contribution < -0.4 is 0 Å². The number of hydrogen-bond acceptors (Lipinski definition) is 11. The first kappa shape index (κ1) is 51.1. The molecule has 310 valence electrons. The lowest BCUT2D eigenvalue weighted by atomic mass is 10.2. The minimum Gasteiger partial charge on any atom is -0.227 e. The second-order valence-corrected chi connectivity index (χ2v) is 27.9. The fraction of sp³-hybridized carbons (Fsp3) is 0.205. The van der Waals surface area contributed by atoms with Crippen LogP contribution in [0.1, 0.15) is 29.2 Å². The summed E-state index contributed by atoms with van der Waals surface area (Å²) in [5.74, 6) is 0. The van der Waals surface area contributed by atoms with Crippen molar-refractivity contribution in [2.75, 3.05) is 18.8 Å². The van der Waals surface area contributed by atoms with Gasteiger partial charge in [0.15, 0.2) is 19.7 Å². The molecule has 0 aliphatic carbocycles. The first-order valence-corrected chi connectivity index (χ1v) is 29.6. The van der Waals surface area contributed by atoms with E-state index in [1.54, 1.807) is 65.2 Å². The maximum atomic E-state index is 12.6. The first-order valence-electron chi connectivity index (χ1n) is 16.6. The smallest absolute Gasteiger partial charge is 0.227 e. The van der Waals surface area contributed by atoms with Crippen molar-refractivity contribution in [3.8, 4) is 0 Å². The van der Waals surface area contributed by atoms with E-state index in [0.29, 0.717) is 9.37 Å². The van der Waals surface area contributed by atoms with Crippen LogP contribution in [0, 0.1) is 13.5 Å². The summed E-state index contributed by atoms with van der Waals surface area (Å²) in [6.45, 7) is 12.7. The molecule has 0 N–H and O–H groups in total. The topological polar surface area (TPSA) is 107 Å². The van der Waals surface area contributed by atoms with Gasteiger partial charge in [-0.1, -0.05) is 73.4 Å². The summed E-state index contributed by atoms with van der Waals surface area (Å²) in [4.78, 5) is 8.06. The number of nitrogens with zero attached hydrogens (tertiary/aromatic N) is 1. The maximum Gasteiger partial charge on any atom is 0.242 e. The fourth-order valence-electron chi connectivity index (χ4n) is 4.43. The van der Waals surface area contributed by atoms with Gasteiger partial charge in [-0.05, 0) is 139 Å². The molecule has 3 heterocycles. The largest absolute Gasteiger partial charge is 0.242 e. The van der Waals surface area contributed by atoms with E-state index >= 15 is 0 Å². The van der Waals surface area contributed by atoms with Crippen LogP contribution in [0.15, 0.2) is 141 Å². The van der Waals surface area contributed by atoms with Crippen molar-refractivity contribution in [1.82, 2.24) is 0 Å². The Morgan fingerprint density at radius 2 is 1.16 bits per heavy atom. The lowest BCUT2D eigenvalue weighted by Gasteiger charge is -2.06. The van der Waals surface area contributed by atoms with Gasteiger partial charge < -0.3 is 0 Å². The summed E-state index contributed by atoms with van der Waals surface area (Å²) >= 11 is 21.0. The Balaban J connectivity index is 0.000000221. The van der Waals surface area contributed by atoms with Gasteiger partial charge in [-0.25, -0.2) is 30.1 Å².